The van der Waals surface area contributed by atoms with Crippen molar-refractivity contribution in [1.82, 2.24) is 15.1 Å². The van der Waals surface area contributed by atoms with E-state index in [1.807, 2.05) is 17.0 Å². The van der Waals surface area contributed by atoms with Gasteiger partial charge in [0, 0.05) is 37.3 Å². The molecule has 0 radical (unpaired) electrons. The van der Waals surface area contributed by atoms with Crippen LogP contribution in [-0.4, -0.2) is 77.4 Å². The van der Waals surface area contributed by atoms with Crippen LogP contribution in [0.25, 0.3) is 0 Å². The molecule has 33 heavy (non-hydrogen) atoms. The predicted octanol–water partition coefficient (Wildman–Crippen LogP) is 1.21. The van der Waals surface area contributed by atoms with Gasteiger partial charge in [0.2, 0.25) is 11.8 Å². The lowest BCUT2D eigenvalue weighted by Gasteiger charge is -2.47. The van der Waals surface area contributed by atoms with Gasteiger partial charge in [0.25, 0.3) is 5.91 Å². The molecule has 1 spiro atoms. The molecule has 3 amide bonds. The predicted molar refractivity (Wildman–Crippen MR) is 120 cm³/mol. The maximum Gasteiger partial charge on any atom is 0.317 e. The van der Waals surface area contributed by atoms with E-state index < -0.39 is 12.0 Å². The SMILES string of the molecule is O=C(O)CN1CCC2(CC1)CCN(c1ccc3c(c1)CN(C1CCC(=O)NC1=O)C3=O)CC2. The number of piperidine rings is 3. The first kappa shape index (κ1) is 21.9. The second-order valence-corrected chi connectivity index (χ2v) is 9.90. The number of aliphatic carboxylic acids is 1. The van der Waals surface area contributed by atoms with E-state index in [9.17, 15) is 19.2 Å². The van der Waals surface area contributed by atoms with Gasteiger partial charge in [0.05, 0.1) is 6.54 Å². The average Bonchev–Trinajstić information content (AvgIpc) is 3.11. The van der Waals surface area contributed by atoms with Crippen molar-refractivity contribution in [2.24, 2.45) is 5.41 Å². The first-order valence-corrected chi connectivity index (χ1v) is 11.8. The number of carbonyl (C=O) groups is 4. The Morgan fingerprint density at radius 3 is 2.42 bits per heavy atom. The van der Waals surface area contributed by atoms with Gasteiger partial charge in [-0.05, 0) is 74.4 Å². The lowest BCUT2D eigenvalue weighted by atomic mass is 9.71. The van der Waals surface area contributed by atoms with Crippen LogP contribution in [0.1, 0.15) is 54.4 Å². The van der Waals surface area contributed by atoms with Gasteiger partial charge in [-0.15, -0.1) is 0 Å². The minimum absolute atomic E-state index is 0.131. The summed E-state index contributed by atoms with van der Waals surface area (Å²) in [6.45, 7) is 4.12. The molecule has 9 heteroatoms. The number of carboxylic acids is 1. The van der Waals surface area contributed by atoms with Crippen LogP contribution in [0.4, 0.5) is 5.69 Å². The molecule has 0 saturated carbocycles. The number of amides is 3. The number of carboxylic acid groups (broad SMARTS) is 1. The van der Waals surface area contributed by atoms with Gasteiger partial charge >= 0.3 is 5.97 Å². The van der Waals surface area contributed by atoms with Gasteiger partial charge in [-0.25, -0.2) is 0 Å². The Hall–Kier alpha value is -2.94. The highest BCUT2D eigenvalue weighted by atomic mass is 16.4. The third-order valence-electron chi connectivity index (χ3n) is 7.97. The highest BCUT2D eigenvalue weighted by molar-refractivity contribution is 6.05. The van der Waals surface area contributed by atoms with Crippen LogP contribution < -0.4 is 10.2 Å². The molecule has 4 aliphatic rings. The smallest absolute Gasteiger partial charge is 0.317 e. The van der Waals surface area contributed by atoms with E-state index in [1.54, 1.807) is 4.90 Å². The molecule has 0 aromatic heterocycles. The van der Waals surface area contributed by atoms with Crippen molar-refractivity contribution >= 4 is 29.4 Å². The summed E-state index contributed by atoms with van der Waals surface area (Å²) in [6, 6.07) is 5.35. The van der Waals surface area contributed by atoms with E-state index in [2.05, 4.69) is 16.3 Å². The van der Waals surface area contributed by atoms with Crippen LogP contribution in [0.3, 0.4) is 0 Å². The molecule has 5 rings (SSSR count). The summed E-state index contributed by atoms with van der Waals surface area (Å²) < 4.78 is 0. The number of likely N-dealkylation sites (tertiary alicyclic amines) is 1. The Balaban J connectivity index is 1.21. The van der Waals surface area contributed by atoms with E-state index in [0.717, 1.165) is 63.1 Å². The van der Waals surface area contributed by atoms with Crippen LogP contribution >= 0.6 is 0 Å². The molecule has 0 aliphatic carbocycles. The lowest BCUT2D eigenvalue weighted by molar-refractivity contribution is -0.139. The number of imide groups is 1. The van der Waals surface area contributed by atoms with Crippen LogP contribution in [0.15, 0.2) is 18.2 Å². The number of nitrogens with one attached hydrogen (secondary N) is 1. The Morgan fingerprint density at radius 1 is 1.06 bits per heavy atom. The number of fused-ring (bicyclic) bond motifs is 1. The number of anilines is 1. The first-order valence-electron chi connectivity index (χ1n) is 11.8. The second-order valence-electron chi connectivity index (χ2n) is 9.90. The molecule has 1 aromatic carbocycles. The molecule has 4 aliphatic heterocycles. The largest absolute Gasteiger partial charge is 0.480 e. The summed E-state index contributed by atoms with van der Waals surface area (Å²) in [5.41, 5.74) is 2.98. The monoisotopic (exact) mass is 454 g/mol. The van der Waals surface area contributed by atoms with Crippen molar-refractivity contribution < 1.29 is 24.3 Å². The number of benzene rings is 1. The second kappa shape index (κ2) is 8.44. The van der Waals surface area contributed by atoms with Crippen molar-refractivity contribution in [1.29, 1.82) is 0 Å². The van der Waals surface area contributed by atoms with Gasteiger partial charge < -0.3 is 14.9 Å². The lowest BCUT2D eigenvalue weighted by Crippen LogP contribution is -2.52. The fourth-order valence-corrected chi connectivity index (χ4v) is 5.87. The van der Waals surface area contributed by atoms with Crippen LogP contribution in [0.2, 0.25) is 0 Å². The van der Waals surface area contributed by atoms with E-state index in [0.29, 0.717) is 23.9 Å². The number of hydrogen-bond acceptors (Lipinski definition) is 6. The quantitative estimate of drug-likeness (QED) is 0.658. The summed E-state index contributed by atoms with van der Waals surface area (Å²) in [7, 11) is 0. The van der Waals surface area contributed by atoms with E-state index in [4.69, 9.17) is 5.11 Å². The molecule has 0 bridgehead atoms. The number of carbonyl (C=O) groups excluding carboxylic acids is 3. The van der Waals surface area contributed by atoms with Gasteiger partial charge in [0.15, 0.2) is 0 Å². The van der Waals surface area contributed by atoms with Crippen molar-refractivity contribution in [2.75, 3.05) is 37.6 Å². The van der Waals surface area contributed by atoms with E-state index in [-0.39, 0.29) is 30.7 Å². The maximum atomic E-state index is 12.9. The van der Waals surface area contributed by atoms with Crippen molar-refractivity contribution in [3.8, 4) is 0 Å². The Bertz CT molecular complexity index is 991. The summed E-state index contributed by atoms with van der Waals surface area (Å²) in [5.74, 6) is -1.56. The normalized spacial score (nSPS) is 25.3. The molecular formula is C24H30N4O5. The van der Waals surface area contributed by atoms with E-state index in [1.165, 1.54) is 0 Å². The van der Waals surface area contributed by atoms with E-state index >= 15 is 0 Å². The molecule has 3 fully saturated rings. The highest BCUT2D eigenvalue weighted by Crippen LogP contribution is 2.42. The number of nitrogens with zero attached hydrogens (tertiary/aromatic N) is 3. The van der Waals surface area contributed by atoms with Crippen molar-refractivity contribution in [3.63, 3.8) is 0 Å². The summed E-state index contributed by atoms with van der Waals surface area (Å²) in [5, 5.41) is 11.4. The van der Waals surface area contributed by atoms with Gasteiger partial charge in [-0.3, -0.25) is 29.4 Å². The molecule has 176 valence electrons. The fourth-order valence-electron chi connectivity index (χ4n) is 5.87. The summed E-state index contributed by atoms with van der Waals surface area (Å²) in [6.07, 6.45) is 4.90. The van der Waals surface area contributed by atoms with Crippen LogP contribution in [0.5, 0.6) is 0 Å². The molecule has 1 unspecified atom stereocenters. The number of rotatable bonds is 4. The minimum Gasteiger partial charge on any atom is -0.480 e. The fraction of sp³-hybridized carbons (Fsp3) is 0.583. The highest BCUT2D eigenvalue weighted by Gasteiger charge is 2.40. The van der Waals surface area contributed by atoms with Crippen LogP contribution in [0, 0.1) is 5.41 Å². The third-order valence-corrected chi connectivity index (χ3v) is 7.97. The zero-order valence-electron chi connectivity index (χ0n) is 18.7. The molecule has 1 atom stereocenters. The Morgan fingerprint density at radius 2 is 1.76 bits per heavy atom. The van der Waals surface area contributed by atoms with Gasteiger partial charge in [-0.2, -0.15) is 0 Å². The third kappa shape index (κ3) is 4.21. The molecule has 1 aromatic rings. The summed E-state index contributed by atoms with van der Waals surface area (Å²) in [4.78, 5) is 53.6. The Kier molecular flexibility index (Phi) is 5.60. The maximum absolute atomic E-state index is 12.9. The average molecular weight is 455 g/mol. The molecular weight excluding hydrogens is 424 g/mol. The number of hydrogen-bond donors (Lipinski definition) is 2. The standard InChI is InChI=1S/C24H30N4O5/c29-20-4-3-19(22(32)25-20)28-14-16-13-17(1-2-18(16)23(28)33)27-11-7-24(8-12-27)5-9-26(10-6-24)15-21(30)31/h1-2,13,19H,3-12,14-15H2,(H,30,31)(H,25,29,32). The van der Waals surface area contributed by atoms with Crippen molar-refractivity contribution in [2.45, 2.75) is 51.1 Å². The summed E-state index contributed by atoms with van der Waals surface area (Å²) >= 11 is 0. The Labute approximate surface area is 192 Å². The van der Waals surface area contributed by atoms with Crippen LogP contribution in [-0.2, 0) is 20.9 Å². The molecule has 2 N–H and O–H groups in total. The molecule has 4 heterocycles. The zero-order valence-corrected chi connectivity index (χ0v) is 18.7. The molecule has 9 nitrogen and oxygen atoms in total. The van der Waals surface area contributed by atoms with Gasteiger partial charge in [0.1, 0.15) is 6.04 Å². The first-order chi connectivity index (χ1) is 15.8. The van der Waals surface area contributed by atoms with Crippen molar-refractivity contribution in [3.05, 3.63) is 29.3 Å². The molecule has 3 saturated heterocycles. The zero-order chi connectivity index (χ0) is 23.2. The topological polar surface area (TPSA) is 110 Å². The van der Waals surface area contributed by atoms with Gasteiger partial charge in [-0.1, -0.05) is 0 Å². The minimum atomic E-state index is -0.757.